The first-order valence-electron chi connectivity index (χ1n) is 7.43. The second-order valence-electron chi connectivity index (χ2n) is 5.52. The van der Waals surface area contributed by atoms with Crippen molar-refractivity contribution in [1.82, 2.24) is 0 Å². The van der Waals surface area contributed by atoms with Gasteiger partial charge in [0, 0.05) is 5.56 Å². The Labute approximate surface area is 136 Å². The van der Waals surface area contributed by atoms with Gasteiger partial charge in [0.15, 0.2) is 6.61 Å². The van der Waals surface area contributed by atoms with Gasteiger partial charge in [0.1, 0.15) is 0 Å². The van der Waals surface area contributed by atoms with Crippen molar-refractivity contribution in [3.63, 3.8) is 0 Å². The van der Waals surface area contributed by atoms with E-state index in [9.17, 15) is 9.59 Å². The highest BCUT2D eigenvalue weighted by Crippen LogP contribution is 2.18. The maximum Gasteiger partial charge on any atom is 0.338 e. The average Bonchev–Trinajstić information content (AvgIpc) is 2.56. The van der Waals surface area contributed by atoms with Crippen molar-refractivity contribution >= 4 is 17.8 Å². The molecule has 3 heteroatoms. The smallest absolute Gasteiger partial charge is 0.338 e. The number of hydrogen-bond acceptors (Lipinski definition) is 3. The lowest BCUT2D eigenvalue weighted by molar-refractivity contribution is 0.0474. The summed E-state index contributed by atoms with van der Waals surface area (Å²) < 4.78 is 5.15. The predicted octanol–water partition coefficient (Wildman–Crippen LogP) is 4.29. The number of esters is 1. The highest BCUT2D eigenvalue weighted by atomic mass is 16.5. The van der Waals surface area contributed by atoms with E-state index in [1.165, 1.54) is 0 Å². The quantitative estimate of drug-likeness (QED) is 0.611. The van der Waals surface area contributed by atoms with Crippen LogP contribution < -0.4 is 0 Å². The van der Waals surface area contributed by atoms with E-state index in [0.29, 0.717) is 11.1 Å². The molecule has 0 saturated carbocycles. The van der Waals surface area contributed by atoms with Gasteiger partial charge in [-0.25, -0.2) is 4.79 Å². The van der Waals surface area contributed by atoms with E-state index in [0.717, 1.165) is 22.3 Å². The molecule has 0 fully saturated rings. The molecular formula is C20H20O3. The number of aryl methyl sites for hydroxylation is 2. The van der Waals surface area contributed by atoms with Crippen molar-refractivity contribution in [2.45, 2.75) is 20.8 Å². The fraction of sp³-hybridized carbons (Fsp3) is 0.200. The van der Waals surface area contributed by atoms with Crippen LogP contribution in [-0.4, -0.2) is 18.4 Å². The first-order chi connectivity index (χ1) is 10.9. The molecule has 23 heavy (non-hydrogen) atoms. The first kappa shape index (κ1) is 16.7. The number of carbonyl (C=O) groups is 2. The lowest BCUT2D eigenvalue weighted by Gasteiger charge is -2.11. The van der Waals surface area contributed by atoms with Gasteiger partial charge in [-0.1, -0.05) is 36.9 Å². The Morgan fingerprint density at radius 2 is 1.61 bits per heavy atom. The van der Waals surface area contributed by atoms with Crippen molar-refractivity contribution in [1.29, 1.82) is 0 Å². The van der Waals surface area contributed by atoms with Gasteiger partial charge in [-0.05, 0) is 55.2 Å². The third-order valence-corrected chi connectivity index (χ3v) is 3.94. The van der Waals surface area contributed by atoms with Gasteiger partial charge in [0.05, 0.1) is 5.56 Å². The summed E-state index contributed by atoms with van der Waals surface area (Å²) in [5.74, 6) is -0.684. The van der Waals surface area contributed by atoms with Crippen molar-refractivity contribution in [3.8, 4) is 0 Å². The molecule has 118 valence electrons. The number of Topliss-reactive ketones (excluding diaryl/α,β-unsaturated/α-hetero) is 1. The van der Waals surface area contributed by atoms with Crippen LogP contribution in [0.15, 0.2) is 43.0 Å². The second-order valence-corrected chi connectivity index (χ2v) is 5.52. The summed E-state index contributed by atoms with van der Waals surface area (Å²) in [6, 6.07) is 10.8. The molecule has 0 unspecified atom stereocenters. The molecule has 2 aromatic carbocycles. The van der Waals surface area contributed by atoms with Crippen molar-refractivity contribution in [2.75, 3.05) is 6.61 Å². The van der Waals surface area contributed by atoms with Gasteiger partial charge in [0.2, 0.25) is 5.78 Å². The molecule has 0 heterocycles. The van der Waals surface area contributed by atoms with E-state index in [1.807, 2.05) is 32.9 Å². The summed E-state index contributed by atoms with van der Waals surface area (Å²) >= 11 is 0. The molecule has 0 radical (unpaired) electrons. The summed E-state index contributed by atoms with van der Waals surface area (Å²) in [6.45, 7) is 9.15. The summed E-state index contributed by atoms with van der Waals surface area (Å²) in [7, 11) is 0. The minimum atomic E-state index is -0.503. The van der Waals surface area contributed by atoms with Crippen LogP contribution >= 0.6 is 0 Å². The molecule has 0 aromatic heterocycles. The Morgan fingerprint density at radius 1 is 1.00 bits per heavy atom. The first-order valence-corrected chi connectivity index (χ1v) is 7.43. The average molecular weight is 308 g/mol. The Hall–Kier alpha value is -2.68. The van der Waals surface area contributed by atoms with Gasteiger partial charge in [-0.3, -0.25) is 4.79 Å². The number of hydrogen-bond donors (Lipinski definition) is 0. The van der Waals surface area contributed by atoms with E-state index in [1.54, 1.807) is 30.3 Å². The highest BCUT2D eigenvalue weighted by Gasteiger charge is 2.16. The van der Waals surface area contributed by atoms with E-state index < -0.39 is 5.97 Å². The van der Waals surface area contributed by atoms with Crippen molar-refractivity contribution in [3.05, 3.63) is 76.4 Å². The molecule has 0 aliphatic heterocycles. The fourth-order valence-corrected chi connectivity index (χ4v) is 2.42. The Bertz CT molecular complexity index is 755. The van der Waals surface area contributed by atoms with Gasteiger partial charge < -0.3 is 4.74 Å². The number of carbonyl (C=O) groups excluding carboxylic acids is 2. The summed E-state index contributed by atoms with van der Waals surface area (Å²) in [4.78, 5) is 24.4. The van der Waals surface area contributed by atoms with Gasteiger partial charge in [-0.2, -0.15) is 0 Å². The molecular weight excluding hydrogens is 288 g/mol. The maximum absolute atomic E-state index is 12.4. The highest BCUT2D eigenvalue weighted by molar-refractivity contribution is 6.01. The summed E-state index contributed by atoms with van der Waals surface area (Å²) in [5, 5.41) is 0. The van der Waals surface area contributed by atoms with Crippen LogP contribution in [0.2, 0.25) is 0 Å². The molecule has 0 spiro atoms. The number of rotatable bonds is 5. The molecule has 0 atom stereocenters. The van der Waals surface area contributed by atoms with Gasteiger partial charge in [0.25, 0.3) is 0 Å². The molecule has 0 bridgehead atoms. The zero-order chi connectivity index (χ0) is 17.0. The van der Waals surface area contributed by atoms with E-state index >= 15 is 0 Å². The topological polar surface area (TPSA) is 43.4 Å². The summed E-state index contributed by atoms with van der Waals surface area (Å²) in [5.41, 5.74) is 4.85. The third kappa shape index (κ3) is 3.75. The monoisotopic (exact) mass is 308 g/mol. The normalized spacial score (nSPS) is 10.2. The van der Waals surface area contributed by atoms with Crippen LogP contribution in [0.3, 0.4) is 0 Å². The molecule has 0 aliphatic carbocycles. The lowest BCUT2D eigenvalue weighted by Crippen LogP contribution is -2.16. The molecule has 2 aromatic rings. The van der Waals surface area contributed by atoms with Crippen LogP contribution in [0.4, 0.5) is 0 Å². The van der Waals surface area contributed by atoms with E-state index in [4.69, 9.17) is 4.74 Å². The van der Waals surface area contributed by atoms with Crippen molar-refractivity contribution < 1.29 is 14.3 Å². The van der Waals surface area contributed by atoms with Gasteiger partial charge in [-0.15, -0.1) is 0 Å². The minimum Gasteiger partial charge on any atom is -0.454 e. The SMILES string of the molecule is C=Cc1ccc(C(=O)OCC(=O)c2c(C)ccc(C)c2C)cc1. The molecule has 3 nitrogen and oxygen atoms in total. The van der Waals surface area contributed by atoms with Crippen LogP contribution in [-0.2, 0) is 4.74 Å². The van der Waals surface area contributed by atoms with Crippen LogP contribution in [0.1, 0.15) is 43.0 Å². The third-order valence-electron chi connectivity index (χ3n) is 3.94. The molecule has 0 amide bonds. The Morgan fingerprint density at radius 3 is 2.22 bits per heavy atom. The fourth-order valence-electron chi connectivity index (χ4n) is 2.42. The minimum absolute atomic E-state index is 0.181. The number of ketones is 1. The zero-order valence-corrected chi connectivity index (χ0v) is 13.7. The number of ether oxygens (including phenoxy) is 1. The van der Waals surface area contributed by atoms with Crippen molar-refractivity contribution in [2.24, 2.45) is 0 Å². The van der Waals surface area contributed by atoms with Gasteiger partial charge >= 0.3 is 5.97 Å². The molecule has 0 aliphatic rings. The molecule has 0 N–H and O–H groups in total. The summed E-state index contributed by atoms with van der Waals surface area (Å²) in [6.07, 6.45) is 1.70. The zero-order valence-electron chi connectivity index (χ0n) is 13.7. The van der Waals surface area contributed by atoms with Crippen LogP contribution in [0.25, 0.3) is 6.08 Å². The largest absolute Gasteiger partial charge is 0.454 e. The van der Waals surface area contributed by atoms with E-state index in [-0.39, 0.29) is 12.4 Å². The lowest BCUT2D eigenvalue weighted by atomic mass is 9.95. The van der Waals surface area contributed by atoms with Crippen LogP contribution in [0.5, 0.6) is 0 Å². The second kappa shape index (κ2) is 7.05. The van der Waals surface area contributed by atoms with E-state index in [2.05, 4.69) is 6.58 Å². The Kier molecular flexibility index (Phi) is 5.12. The number of benzene rings is 2. The standard InChI is InChI=1S/C20H20O3/c1-5-16-8-10-17(11-9-16)20(22)23-12-18(21)19-14(3)7-6-13(2)15(19)4/h5-11H,1,12H2,2-4H3. The van der Waals surface area contributed by atoms with Crippen LogP contribution in [0, 0.1) is 20.8 Å². The maximum atomic E-state index is 12.4. The predicted molar refractivity (Wildman–Crippen MR) is 91.8 cm³/mol. The molecule has 0 saturated heterocycles. The Balaban J connectivity index is 2.08. The molecule has 2 rings (SSSR count).